The van der Waals surface area contributed by atoms with Crippen molar-refractivity contribution in [2.45, 2.75) is 90.3 Å². The minimum atomic E-state index is -1.44. The monoisotopic (exact) mass is 588 g/mol. The predicted molar refractivity (Wildman–Crippen MR) is 161 cm³/mol. The number of unbranched alkanes of at least 4 members (excludes halogenated alkanes) is 8. The molecule has 0 amide bonds. The van der Waals surface area contributed by atoms with Crippen molar-refractivity contribution in [2.75, 3.05) is 45.4 Å². The number of anilines is 1. The van der Waals surface area contributed by atoms with Gasteiger partial charge in [-0.3, -0.25) is 10.1 Å². The molecule has 0 radical (unpaired) electrons. The van der Waals surface area contributed by atoms with Gasteiger partial charge in [0.05, 0.1) is 44.6 Å². The number of nitrogens with zero attached hydrogens (tertiary/aromatic N) is 1. The first-order chi connectivity index (χ1) is 20.5. The van der Waals surface area contributed by atoms with Gasteiger partial charge in [0.15, 0.2) is 6.29 Å². The lowest BCUT2D eigenvalue weighted by Gasteiger charge is -2.27. The first kappa shape index (κ1) is 33.7. The number of para-hydroxylation sites is 1. The third-order valence-electron chi connectivity index (χ3n) is 7.09. The zero-order chi connectivity index (χ0) is 30.0. The number of hydrogen-bond acceptors (Lipinski definition) is 9. The van der Waals surface area contributed by atoms with Gasteiger partial charge in [0, 0.05) is 17.3 Å². The predicted octanol–water partition coefficient (Wildman–Crippen LogP) is 7.40. The molecule has 10 heteroatoms. The van der Waals surface area contributed by atoms with E-state index in [2.05, 4.69) is 13.8 Å². The van der Waals surface area contributed by atoms with Gasteiger partial charge in [0.2, 0.25) is 0 Å². The van der Waals surface area contributed by atoms with Crippen LogP contribution in [0.1, 0.15) is 95.5 Å². The molecular weight excluding hydrogens is 540 g/mol. The van der Waals surface area contributed by atoms with Crippen molar-refractivity contribution in [3.05, 3.63) is 63.7 Å². The molecule has 0 atom stereocenters. The Morgan fingerprint density at radius 2 is 1.48 bits per heavy atom. The summed E-state index contributed by atoms with van der Waals surface area (Å²) in [6.07, 6.45) is 11.4. The summed E-state index contributed by atoms with van der Waals surface area (Å²) in [5, 5.41) is 11.2. The fraction of sp³-hybridized carbons (Fsp3) is 0.625. The van der Waals surface area contributed by atoms with E-state index in [1.165, 1.54) is 51.0 Å². The maximum Gasteiger partial charge on any atom is 0.319 e. The van der Waals surface area contributed by atoms with E-state index >= 15 is 0 Å². The zero-order valence-corrected chi connectivity index (χ0v) is 25.2. The summed E-state index contributed by atoms with van der Waals surface area (Å²) in [4.78, 5) is 10.8. The Labute approximate surface area is 249 Å². The maximum atomic E-state index is 11.2. The summed E-state index contributed by atoms with van der Waals surface area (Å²) in [5.41, 5.74) is 7.80. The number of nitrogens with two attached hydrogens (primary N) is 1. The smallest absolute Gasteiger partial charge is 0.319 e. The van der Waals surface area contributed by atoms with Crippen LogP contribution in [0.2, 0.25) is 0 Å². The van der Waals surface area contributed by atoms with Crippen LogP contribution in [0.15, 0.2) is 42.5 Å². The average molecular weight is 589 g/mol. The summed E-state index contributed by atoms with van der Waals surface area (Å²) in [6, 6.07) is 12.1. The van der Waals surface area contributed by atoms with Crippen LogP contribution in [0.5, 0.6) is 5.75 Å². The van der Waals surface area contributed by atoms with Crippen LogP contribution in [0.4, 0.5) is 11.4 Å². The van der Waals surface area contributed by atoms with Gasteiger partial charge in [-0.15, -0.1) is 0 Å². The standard InChI is InChI=1S/C16H23NO5.C16H25NO3/c1-2-3-4-5-8-11-20-16(21-12-13-22-16)14-9-6-7-10-15(14)17(18)19;1-2-3-4-5-6-9-18-13-7-8-15(17)14(12-13)16-19-10-11-20-16/h6-7,9-10H,2-5,8,11-13H2,1H3;7-8,12,16H,2-6,9-11,17H2,1H3. The molecule has 2 heterocycles. The van der Waals surface area contributed by atoms with Crippen molar-refractivity contribution in [3.8, 4) is 5.75 Å². The fourth-order valence-corrected chi connectivity index (χ4v) is 4.79. The molecule has 234 valence electrons. The largest absolute Gasteiger partial charge is 0.494 e. The molecule has 0 aromatic heterocycles. The van der Waals surface area contributed by atoms with Crippen molar-refractivity contribution in [3.63, 3.8) is 0 Å². The topological polar surface area (TPSA) is 125 Å². The highest BCUT2D eigenvalue weighted by molar-refractivity contribution is 5.51. The van der Waals surface area contributed by atoms with Gasteiger partial charge in [-0.25, -0.2) is 0 Å². The molecular formula is C32H48N2O8. The highest BCUT2D eigenvalue weighted by Crippen LogP contribution is 2.38. The average Bonchev–Trinajstić information content (AvgIpc) is 3.71. The van der Waals surface area contributed by atoms with Crippen LogP contribution in [-0.2, 0) is 29.7 Å². The SMILES string of the molecule is CCCCCCCOC1(c2ccccc2[N+](=O)[O-])OCCO1.CCCCCCCOc1ccc(N)c(C2OCCO2)c1. The second-order valence-corrected chi connectivity index (χ2v) is 10.4. The quantitative estimate of drug-likeness (QED) is 0.0870. The Bertz CT molecular complexity index is 1050. The lowest BCUT2D eigenvalue weighted by molar-refractivity contribution is -0.397. The Balaban J connectivity index is 0.000000231. The lowest BCUT2D eigenvalue weighted by atomic mass is 10.1. The highest BCUT2D eigenvalue weighted by atomic mass is 16.9. The third-order valence-corrected chi connectivity index (χ3v) is 7.09. The first-order valence-electron chi connectivity index (χ1n) is 15.4. The van der Waals surface area contributed by atoms with Gasteiger partial charge in [-0.2, -0.15) is 0 Å². The van der Waals surface area contributed by atoms with Gasteiger partial charge in [0.1, 0.15) is 11.3 Å². The van der Waals surface area contributed by atoms with E-state index in [0.29, 0.717) is 44.3 Å². The number of benzene rings is 2. The van der Waals surface area contributed by atoms with E-state index in [4.69, 9.17) is 34.2 Å². The van der Waals surface area contributed by atoms with Crippen molar-refractivity contribution >= 4 is 11.4 Å². The molecule has 2 aromatic rings. The molecule has 2 N–H and O–H groups in total. The normalized spacial score (nSPS) is 16.2. The van der Waals surface area contributed by atoms with E-state index in [1.807, 2.05) is 18.2 Å². The molecule has 2 aliphatic rings. The molecule has 10 nitrogen and oxygen atoms in total. The van der Waals surface area contributed by atoms with Gasteiger partial charge in [0.25, 0.3) is 5.69 Å². The molecule has 2 aromatic carbocycles. The number of ether oxygens (including phenoxy) is 6. The van der Waals surface area contributed by atoms with Crippen molar-refractivity contribution in [1.29, 1.82) is 0 Å². The number of nitro benzene ring substituents is 1. The highest BCUT2D eigenvalue weighted by Gasteiger charge is 2.44. The van der Waals surface area contributed by atoms with Crippen LogP contribution in [0, 0.1) is 10.1 Å². The Morgan fingerprint density at radius 3 is 2.12 bits per heavy atom. The molecule has 0 spiro atoms. The number of nitro groups is 1. The number of nitrogen functional groups attached to an aromatic ring is 1. The number of rotatable bonds is 17. The second kappa shape index (κ2) is 18.7. The summed E-state index contributed by atoms with van der Waals surface area (Å²) in [7, 11) is 0. The van der Waals surface area contributed by atoms with Gasteiger partial charge in [-0.05, 0) is 37.1 Å². The third kappa shape index (κ3) is 10.5. The number of hydrogen-bond donors (Lipinski definition) is 1. The minimum absolute atomic E-state index is 0.0459. The molecule has 2 fully saturated rings. The summed E-state index contributed by atoms with van der Waals surface area (Å²) >= 11 is 0. The van der Waals surface area contributed by atoms with Crippen molar-refractivity contribution in [2.24, 2.45) is 0 Å². The zero-order valence-electron chi connectivity index (χ0n) is 25.2. The summed E-state index contributed by atoms with van der Waals surface area (Å²) < 4.78 is 33.7. The van der Waals surface area contributed by atoms with E-state index < -0.39 is 10.9 Å². The summed E-state index contributed by atoms with van der Waals surface area (Å²) in [6.45, 7) is 7.55. The van der Waals surface area contributed by atoms with Crippen LogP contribution in [0.25, 0.3) is 0 Å². The molecule has 0 saturated carbocycles. The molecule has 42 heavy (non-hydrogen) atoms. The Morgan fingerprint density at radius 1 is 0.857 bits per heavy atom. The van der Waals surface area contributed by atoms with Crippen LogP contribution >= 0.6 is 0 Å². The molecule has 2 aliphatic heterocycles. The lowest BCUT2D eigenvalue weighted by Crippen LogP contribution is -2.32. The Hall–Kier alpha value is -2.76. The van der Waals surface area contributed by atoms with Crippen LogP contribution in [-0.4, -0.2) is 44.6 Å². The van der Waals surface area contributed by atoms with E-state index in [1.54, 1.807) is 18.2 Å². The molecule has 2 saturated heterocycles. The minimum Gasteiger partial charge on any atom is -0.494 e. The van der Waals surface area contributed by atoms with Crippen LogP contribution in [0.3, 0.4) is 0 Å². The Kier molecular flexibility index (Phi) is 15.0. The van der Waals surface area contributed by atoms with E-state index in [9.17, 15) is 10.1 Å². The van der Waals surface area contributed by atoms with Crippen LogP contribution < -0.4 is 10.5 Å². The summed E-state index contributed by atoms with van der Waals surface area (Å²) in [5.74, 6) is -0.599. The van der Waals surface area contributed by atoms with Gasteiger partial charge < -0.3 is 34.2 Å². The fourth-order valence-electron chi connectivity index (χ4n) is 4.79. The van der Waals surface area contributed by atoms with E-state index in [-0.39, 0.29) is 12.0 Å². The molecule has 0 unspecified atom stereocenters. The first-order valence-corrected chi connectivity index (χ1v) is 15.4. The van der Waals surface area contributed by atoms with Gasteiger partial charge in [-0.1, -0.05) is 77.3 Å². The van der Waals surface area contributed by atoms with Crippen molar-refractivity contribution < 1.29 is 33.3 Å². The second-order valence-electron chi connectivity index (χ2n) is 10.4. The van der Waals surface area contributed by atoms with Gasteiger partial charge >= 0.3 is 5.97 Å². The van der Waals surface area contributed by atoms with Crippen molar-refractivity contribution in [1.82, 2.24) is 0 Å². The maximum absolute atomic E-state index is 11.2. The van der Waals surface area contributed by atoms with E-state index in [0.717, 1.165) is 37.2 Å². The molecule has 0 bridgehead atoms. The molecule has 0 aliphatic carbocycles. The molecule has 4 rings (SSSR count).